The first kappa shape index (κ1) is 20.0. The second-order valence-electron chi connectivity index (χ2n) is 5.51. The Bertz CT molecular complexity index is 590. The molecule has 1 aromatic carbocycles. The quantitative estimate of drug-likeness (QED) is 0.786. The van der Waals surface area contributed by atoms with Gasteiger partial charge in [-0.05, 0) is 36.5 Å². The Morgan fingerprint density at radius 3 is 2.41 bits per heavy atom. The molecule has 1 saturated carbocycles. The zero-order valence-electron chi connectivity index (χ0n) is 12.1. The van der Waals surface area contributed by atoms with E-state index in [1.807, 2.05) is 0 Å². The lowest BCUT2D eigenvalue weighted by Gasteiger charge is -2.23. The number of sulfonamides is 1. The molecule has 1 aliphatic rings. The van der Waals surface area contributed by atoms with Gasteiger partial charge in [0.15, 0.2) is 0 Å². The van der Waals surface area contributed by atoms with Crippen LogP contribution in [0.25, 0.3) is 0 Å². The van der Waals surface area contributed by atoms with Crippen LogP contribution in [0.15, 0.2) is 18.2 Å². The molecule has 0 aliphatic heterocycles. The first-order valence-electron chi connectivity index (χ1n) is 7.05. The van der Waals surface area contributed by atoms with Gasteiger partial charge in [-0.2, -0.15) is 0 Å². The second kappa shape index (κ2) is 8.71. The van der Waals surface area contributed by atoms with Crippen molar-refractivity contribution in [2.75, 3.05) is 6.54 Å². The third kappa shape index (κ3) is 5.55. The van der Waals surface area contributed by atoms with Gasteiger partial charge in [0.2, 0.25) is 10.0 Å². The molecule has 0 amide bonds. The molecule has 4 nitrogen and oxygen atoms in total. The van der Waals surface area contributed by atoms with Crippen molar-refractivity contribution in [2.24, 2.45) is 11.7 Å². The Hall–Kier alpha value is -0.0400. The molecule has 126 valence electrons. The van der Waals surface area contributed by atoms with E-state index in [-0.39, 0.29) is 24.2 Å². The molecule has 0 heterocycles. The van der Waals surface area contributed by atoms with Gasteiger partial charge in [-0.25, -0.2) is 13.1 Å². The van der Waals surface area contributed by atoms with Gasteiger partial charge in [-0.15, -0.1) is 12.4 Å². The lowest BCUT2D eigenvalue weighted by Crippen LogP contribution is -2.44. The average Bonchev–Trinajstić information content (AvgIpc) is 2.94. The predicted molar refractivity (Wildman–Crippen MR) is 94.3 cm³/mol. The van der Waals surface area contributed by atoms with Crippen molar-refractivity contribution < 1.29 is 8.42 Å². The van der Waals surface area contributed by atoms with Gasteiger partial charge in [0.05, 0.1) is 15.8 Å². The van der Waals surface area contributed by atoms with Crippen LogP contribution in [0.3, 0.4) is 0 Å². The molecule has 1 unspecified atom stereocenters. The average molecular weight is 388 g/mol. The van der Waals surface area contributed by atoms with E-state index >= 15 is 0 Å². The van der Waals surface area contributed by atoms with Crippen LogP contribution in [0, 0.1) is 5.92 Å². The summed E-state index contributed by atoms with van der Waals surface area (Å²) in [5, 5.41) is 0.770. The van der Waals surface area contributed by atoms with Gasteiger partial charge in [-0.1, -0.05) is 42.1 Å². The number of rotatable bonds is 6. The minimum atomic E-state index is -3.44. The third-order valence-corrected chi connectivity index (χ3v) is 6.01. The molecule has 22 heavy (non-hydrogen) atoms. The Morgan fingerprint density at radius 2 is 1.86 bits per heavy atom. The first-order chi connectivity index (χ1) is 9.91. The smallest absolute Gasteiger partial charge is 0.216 e. The molecule has 0 spiro atoms. The van der Waals surface area contributed by atoms with Gasteiger partial charge >= 0.3 is 0 Å². The SMILES string of the molecule is Cl.NCC(NS(=O)(=O)Cc1ccc(Cl)c(Cl)c1)C1CCCC1. The van der Waals surface area contributed by atoms with Crippen LogP contribution in [0.4, 0.5) is 0 Å². The molecule has 0 radical (unpaired) electrons. The highest BCUT2D eigenvalue weighted by Gasteiger charge is 2.27. The van der Waals surface area contributed by atoms with Crippen LogP contribution in [-0.4, -0.2) is 21.0 Å². The maximum atomic E-state index is 12.3. The van der Waals surface area contributed by atoms with Crippen molar-refractivity contribution in [1.82, 2.24) is 4.72 Å². The fourth-order valence-electron chi connectivity index (χ4n) is 2.82. The standard InChI is InChI=1S/C14H20Cl2N2O2S.ClH/c15-12-6-5-10(7-13(12)16)9-21(19,20)18-14(8-17)11-3-1-2-4-11;/h5-7,11,14,18H,1-4,8-9,17H2;1H. The molecule has 3 N–H and O–H groups in total. The lowest BCUT2D eigenvalue weighted by atomic mass is 9.99. The largest absolute Gasteiger partial charge is 0.329 e. The van der Waals surface area contributed by atoms with E-state index in [0.717, 1.165) is 25.7 Å². The third-order valence-electron chi connectivity index (χ3n) is 3.89. The Balaban J connectivity index is 0.00000242. The summed E-state index contributed by atoms with van der Waals surface area (Å²) >= 11 is 11.7. The van der Waals surface area contributed by atoms with Crippen molar-refractivity contribution in [3.05, 3.63) is 33.8 Å². The van der Waals surface area contributed by atoms with Crippen molar-refractivity contribution in [3.8, 4) is 0 Å². The molecule has 0 aromatic heterocycles. The molecule has 1 fully saturated rings. The first-order valence-corrected chi connectivity index (χ1v) is 9.46. The zero-order valence-corrected chi connectivity index (χ0v) is 15.2. The molecular formula is C14H21Cl3N2O2S. The summed E-state index contributed by atoms with van der Waals surface area (Å²) in [6.45, 7) is 0.325. The van der Waals surface area contributed by atoms with Gasteiger partial charge < -0.3 is 5.73 Å². The highest BCUT2D eigenvalue weighted by molar-refractivity contribution is 7.88. The molecule has 2 rings (SSSR count). The van der Waals surface area contributed by atoms with Crippen LogP contribution in [0.2, 0.25) is 10.0 Å². The highest BCUT2D eigenvalue weighted by Crippen LogP contribution is 2.28. The maximum absolute atomic E-state index is 12.3. The molecular weight excluding hydrogens is 367 g/mol. The molecule has 8 heteroatoms. The summed E-state index contributed by atoms with van der Waals surface area (Å²) < 4.78 is 27.3. The number of nitrogens with one attached hydrogen (secondary N) is 1. The van der Waals surface area contributed by atoms with Gasteiger partial charge in [0, 0.05) is 12.6 Å². The lowest BCUT2D eigenvalue weighted by molar-refractivity contribution is 0.405. The summed E-state index contributed by atoms with van der Waals surface area (Å²) in [5.41, 5.74) is 6.34. The minimum Gasteiger partial charge on any atom is -0.329 e. The fourth-order valence-corrected chi connectivity index (χ4v) is 4.59. The van der Waals surface area contributed by atoms with Crippen molar-refractivity contribution in [1.29, 1.82) is 0 Å². The molecule has 1 aromatic rings. The summed E-state index contributed by atoms with van der Waals surface area (Å²) in [6.07, 6.45) is 4.37. The van der Waals surface area contributed by atoms with Gasteiger partial charge in [0.1, 0.15) is 0 Å². The number of halogens is 3. The fraction of sp³-hybridized carbons (Fsp3) is 0.571. The zero-order chi connectivity index (χ0) is 15.5. The van der Waals surface area contributed by atoms with E-state index in [1.165, 1.54) is 0 Å². The van der Waals surface area contributed by atoms with Crippen molar-refractivity contribution >= 4 is 45.6 Å². The van der Waals surface area contributed by atoms with Crippen LogP contribution in [-0.2, 0) is 15.8 Å². The van der Waals surface area contributed by atoms with Crippen LogP contribution in [0.5, 0.6) is 0 Å². The highest BCUT2D eigenvalue weighted by atomic mass is 35.5. The number of hydrogen-bond acceptors (Lipinski definition) is 3. The summed E-state index contributed by atoms with van der Waals surface area (Å²) in [7, 11) is -3.44. The van der Waals surface area contributed by atoms with E-state index in [9.17, 15) is 8.42 Å². The number of benzene rings is 1. The maximum Gasteiger partial charge on any atom is 0.216 e. The van der Waals surface area contributed by atoms with Crippen LogP contribution >= 0.6 is 35.6 Å². The summed E-state index contributed by atoms with van der Waals surface area (Å²) in [6, 6.07) is 4.67. The van der Waals surface area contributed by atoms with E-state index in [4.69, 9.17) is 28.9 Å². The summed E-state index contributed by atoms with van der Waals surface area (Å²) in [5.74, 6) is 0.228. The minimum absolute atomic E-state index is 0. The number of hydrogen-bond donors (Lipinski definition) is 2. The predicted octanol–water partition coefficient (Wildman–Crippen LogP) is 3.35. The van der Waals surface area contributed by atoms with Crippen molar-refractivity contribution in [2.45, 2.75) is 37.5 Å². The molecule has 0 bridgehead atoms. The second-order valence-corrected chi connectivity index (χ2v) is 8.08. The summed E-state index contributed by atoms with van der Waals surface area (Å²) in [4.78, 5) is 0. The Morgan fingerprint density at radius 1 is 1.23 bits per heavy atom. The Kier molecular flexibility index (Phi) is 7.92. The van der Waals surface area contributed by atoms with Crippen molar-refractivity contribution in [3.63, 3.8) is 0 Å². The van der Waals surface area contributed by atoms with Gasteiger partial charge in [0.25, 0.3) is 0 Å². The topological polar surface area (TPSA) is 72.2 Å². The van der Waals surface area contributed by atoms with Crippen LogP contribution in [0.1, 0.15) is 31.2 Å². The molecule has 1 aliphatic carbocycles. The molecule has 1 atom stereocenters. The van der Waals surface area contributed by atoms with E-state index in [1.54, 1.807) is 18.2 Å². The monoisotopic (exact) mass is 386 g/mol. The molecule has 0 saturated heterocycles. The van der Waals surface area contributed by atoms with E-state index in [0.29, 0.717) is 28.1 Å². The Labute approximate surface area is 148 Å². The van der Waals surface area contributed by atoms with E-state index in [2.05, 4.69) is 4.72 Å². The normalized spacial score (nSPS) is 17.2. The van der Waals surface area contributed by atoms with E-state index < -0.39 is 10.0 Å². The van der Waals surface area contributed by atoms with Crippen LogP contribution < -0.4 is 10.5 Å². The number of nitrogens with two attached hydrogens (primary N) is 1. The van der Waals surface area contributed by atoms with Gasteiger partial charge in [-0.3, -0.25) is 0 Å².